The van der Waals surface area contributed by atoms with Crippen LogP contribution in [0.5, 0.6) is 0 Å². The minimum atomic E-state index is -1.35. The van der Waals surface area contributed by atoms with E-state index in [1.165, 1.54) is 30.7 Å². The average molecular weight is 611 g/mol. The predicted molar refractivity (Wildman–Crippen MR) is 145 cm³/mol. The molecule has 16 nitrogen and oxygen atoms in total. The quantitative estimate of drug-likeness (QED) is 0.164. The number of aliphatic carboxylic acids is 1. The van der Waals surface area contributed by atoms with Gasteiger partial charge in [-0.1, -0.05) is 11.8 Å². The van der Waals surface area contributed by atoms with Gasteiger partial charge in [-0.15, -0.1) is 16.9 Å². The Morgan fingerprint density at radius 3 is 2.76 bits per heavy atom. The van der Waals surface area contributed by atoms with Crippen molar-refractivity contribution in [2.24, 2.45) is 11.1 Å². The number of aromatic amines is 1. The Balaban J connectivity index is 1.70. The molecule has 4 rings (SSSR count). The van der Waals surface area contributed by atoms with E-state index in [0.29, 0.717) is 5.57 Å². The van der Waals surface area contributed by atoms with Gasteiger partial charge in [0.1, 0.15) is 35.8 Å². The zero-order chi connectivity index (χ0) is 29.9. The van der Waals surface area contributed by atoms with Crippen molar-refractivity contribution in [2.45, 2.75) is 60.9 Å². The van der Waals surface area contributed by atoms with Crippen LogP contribution in [0.4, 0.5) is 4.79 Å². The van der Waals surface area contributed by atoms with Gasteiger partial charge in [0, 0.05) is 29.9 Å². The number of aromatic nitrogens is 4. The molecule has 1 aromatic heterocycles. The first-order valence-corrected chi connectivity index (χ1v) is 14.3. The number of carbonyl (C=O) groups excluding carboxylic acids is 3. The highest BCUT2D eigenvalue weighted by Gasteiger charge is 2.59. The van der Waals surface area contributed by atoms with E-state index in [1.807, 2.05) is 0 Å². The summed E-state index contributed by atoms with van der Waals surface area (Å²) in [6, 6.07) is 0. The second-order valence-electron chi connectivity index (χ2n) is 9.98. The smallest absolute Gasteiger partial charge is 0.407 e. The number of thioether (sulfide) groups is 2. The van der Waals surface area contributed by atoms with Crippen LogP contribution in [0.1, 0.15) is 34.1 Å². The predicted octanol–water partition coefficient (Wildman–Crippen LogP) is 0.824. The van der Waals surface area contributed by atoms with Crippen LogP contribution in [0.2, 0.25) is 0 Å². The number of carboxylic acid groups (broad SMARTS) is 1. The molecule has 3 unspecified atom stereocenters. The van der Waals surface area contributed by atoms with Gasteiger partial charge in [-0.2, -0.15) is 0 Å². The van der Waals surface area contributed by atoms with Gasteiger partial charge in [0.2, 0.25) is 17.0 Å². The largest absolute Gasteiger partial charge is 0.477 e. The number of carbonyl (C=O) groups is 4. The van der Waals surface area contributed by atoms with Gasteiger partial charge < -0.3 is 30.1 Å². The summed E-state index contributed by atoms with van der Waals surface area (Å²) >= 11 is 2.32. The molecule has 3 aliphatic heterocycles. The molecule has 4 atom stereocenters. The van der Waals surface area contributed by atoms with Gasteiger partial charge in [-0.05, 0) is 48.9 Å². The number of β-lactam (4-membered cyclic amide) rings is 1. The molecule has 0 spiro atoms. The number of ether oxygens (including phenoxy) is 2. The maximum Gasteiger partial charge on any atom is 0.407 e. The molecule has 1 fully saturated rings. The number of alkyl carbamates (subject to hydrolysis) is 1. The number of carboxylic acids is 1. The third kappa shape index (κ3) is 6.75. The SMILES string of the molecule is CON=C1OCC=C1C1C(=O)N2C(C(=O)O)=C(C(CCNC(=O)OC(C)(C)C)Sc3nnn[nH]3)C(NC(C)=O)S[C@@H]12. The zero-order valence-corrected chi connectivity index (χ0v) is 24.5. The van der Waals surface area contributed by atoms with E-state index in [1.54, 1.807) is 26.8 Å². The van der Waals surface area contributed by atoms with E-state index in [4.69, 9.17) is 14.3 Å². The summed E-state index contributed by atoms with van der Waals surface area (Å²) in [7, 11) is 1.35. The van der Waals surface area contributed by atoms with E-state index >= 15 is 0 Å². The first kappa shape index (κ1) is 30.2. The van der Waals surface area contributed by atoms with Crippen LogP contribution >= 0.6 is 23.5 Å². The highest BCUT2D eigenvalue weighted by molar-refractivity contribution is 8.01. The zero-order valence-electron chi connectivity index (χ0n) is 22.9. The van der Waals surface area contributed by atoms with Crippen LogP contribution < -0.4 is 10.6 Å². The Morgan fingerprint density at radius 1 is 1.39 bits per heavy atom. The molecule has 0 aromatic carbocycles. The molecule has 0 bridgehead atoms. The van der Waals surface area contributed by atoms with Crippen molar-refractivity contribution in [1.82, 2.24) is 36.2 Å². The lowest BCUT2D eigenvalue weighted by Crippen LogP contribution is -2.65. The van der Waals surface area contributed by atoms with Gasteiger partial charge >= 0.3 is 12.1 Å². The number of hydrogen-bond donors (Lipinski definition) is 4. The van der Waals surface area contributed by atoms with Crippen LogP contribution in [0, 0.1) is 5.92 Å². The second-order valence-corrected chi connectivity index (χ2v) is 12.4. The van der Waals surface area contributed by atoms with Gasteiger partial charge in [0.15, 0.2) is 0 Å². The van der Waals surface area contributed by atoms with Gasteiger partial charge in [-0.3, -0.25) is 14.5 Å². The Morgan fingerprint density at radius 2 is 2.15 bits per heavy atom. The molecule has 4 N–H and O–H groups in total. The summed E-state index contributed by atoms with van der Waals surface area (Å²) in [4.78, 5) is 56.9. The summed E-state index contributed by atoms with van der Waals surface area (Å²) in [6.07, 6.45) is 1.24. The standard InChI is InChI=1S/C23H30N8O8S2/c1-10(32)25-17-14(12(40-21-26-29-30-27-21)6-8-24-22(36)39-23(2,3)4)15(20(34)35)31-18(33)13(19(31)41-17)11-7-9-38-16(11)28-37-5/h7,12-13,17,19H,6,8-9H2,1-5H3,(H,24,36)(H,25,32)(H,34,35)(H,26,27,29,30)/t12?,13?,17?,19-/m0/s1. The fraction of sp³-hybridized carbons (Fsp3) is 0.565. The monoisotopic (exact) mass is 610 g/mol. The first-order valence-electron chi connectivity index (χ1n) is 12.5. The Hall–Kier alpha value is -3.80. The number of nitrogens with zero attached hydrogens (tertiary/aromatic N) is 5. The normalized spacial score (nSPS) is 23.7. The van der Waals surface area contributed by atoms with Crippen LogP contribution in [0.15, 0.2) is 33.2 Å². The molecule has 0 saturated carbocycles. The summed E-state index contributed by atoms with van der Waals surface area (Å²) in [5, 5.41) is 31.5. The molecular formula is C23H30N8O8S2. The molecule has 18 heteroatoms. The van der Waals surface area contributed by atoms with Crippen LogP contribution in [-0.2, 0) is 28.7 Å². The van der Waals surface area contributed by atoms with Gasteiger partial charge in [0.05, 0.1) is 5.92 Å². The highest BCUT2D eigenvalue weighted by Crippen LogP contribution is 2.51. The number of oxime groups is 1. The molecule has 3 amide bonds. The molecule has 4 heterocycles. The van der Waals surface area contributed by atoms with Crippen LogP contribution in [0.25, 0.3) is 0 Å². The van der Waals surface area contributed by atoms with Gasteiger partial charge in [-0.25, -0.2) is 14.7 Å². The second kappa shape index (κ2) is 12.4. The molecular weight excluding hydrogens is 580 g/mol. The maximum atomic E-state index is 13.5. The van der Waals surface area contributed by atoms with E-state index < -0.39 is 51.4 Å². The lowest BCUT2D eigenvalue weighted by molar-refractivity contribution is -0.150. The Bertz CT molecular complexity index is 1290. The number of nitrogens with one attached hydrogen (secondary N) is 3. The summed E-state index contributed by atoms with van der Waals surface area (Å²) < 4.78 is 10.7. The molecule has 3 aliphatic rings. The van der Waals surface area contributed by atoms with Crippen LogP contribution in [-0.4, -0.2) is 102 Å². The number of rotatable bonds is 10. The number of fused-ring (bicyclic) bond motifs is 1. The van der Waals surface area contributed by atoms with Crippen LogP contribution in [0.3, 0.4) is 0 Å². The fourth-order valence-corrected chi connectivity index (χ4v) is 7.31. The van der Waals surface area contributed by atoms with Gasteiger partial charge in [0.25, 0.3) is 5.90 Å². The first-order chi connectivity index (χ1) is 19.4. The van der Waals surface area contributed by atoms with Crippen molar-refractivity contribution in [1.29, 1.82) is 0 Å². The van der Waals surface area contributed by atoms with Crippen molar-refractivity contribution in [3.05, 3.63) is 22.9 Å². The molecule has 41 heavy (non-hydrogen) atoms. The summed E-state index contributed by atoms with van der Waals surface area (Å²) in [5.74, 6) is -2.83. The Kier molecular flexibility index (Phi) is 9.11. The minimum Gasteiger partial charge on any atom is -0.477 e. The third-order valence-electron chi connectivity index (χ3n) is 5.93. The number of tetrazole rings is 1. The summed E-state index contributed by atoms with van der Waals surface area (Å²) in [6.45, 7) is 6.79. The van der Waals surface area contributed by atoms with Crippen molar-refractivity contribution in [2.75, 3.05) is 20.3 Å². The Labute approximate surface area is 243 Å². The van der Waals surface area contributed by atoms with E-state index in [9.17, 15) is 24.3 Å². The summed E-state index contributed by atoms with van der Waals surface area (Å²) in [5.41, 5.74) is -0.229. The van der Waals surface area contributed by atoms with Crippen molar-refractivity contribution < 1.29 is 38.6 Å². The van der Waals surface area contributed by atoms with Crippen molar-refractivity contribution in [3.63, 3.8) is 0 Å². The van der Waals surface area contributed by atoms with Crippen molar-refractivity contribution >= 4 is 53.3 Å². The maximum absolute atomic E-state index is 13.5. The third-order valence-corrected chi connectivity index (χ3v) is 8.51. The fourth-order valence-electron chi connectivity index (χ4n) is 4.48. The lowest BCUT2D eigenvalue weighted by Gasteiger charge is -2.52. The molecule has 0 radical (unpaired) electrons. The minimum absolute atomic E-state index is 0.0864. The highest BCUT2D eigenvalue weighted by atomic mass is 32.2. The van der Waals surface area contributed by atoms with E-state index in [-0.39, 0.29) is 41.9 Å². The molecule has 0 aliphatic carbocycles. The van der Waals surface area contributed by atoms with Crippen molar-refractivity contribution in [3.8, 4) is 0 Å². The topological polar surface area (TPSA) is 210 Å². The van der Waals surface area contributed by atoms with E-state index in [2.05, 4.69) is 36.4 Å². The molecule has 1 aromatic rings. The number of H-pyrrole nitrogens is 1. The van der Waals surface area contributed by atoms with E-state index in [0.717, 1.165) is 11.8 Å². The molecule has 222 valence electrons. The number of amides is 3. The molecule has 1 saturated heterocycles. The lowest BCUT2D eigenvalue weighted by atomic mass is 9.87. The average Bonchev–Trinajstić information content (AvgIpc) is 3.54. The number of hydrogen-bond acceptors (Lipinski definition) is 13.